The van der Waals surface area contributed by atoms with E-state index in [0.29, 0.717) is 22.2 Å². The molecule has 1 aliphatic rings. The molecule has 1 fully saturated rings. The number of carbonyl (C=O) groups excluding carboxylic acids is 1. The molecule has 0 saturated heterocycles. The lowest BCUT2D eigenvalue weighted by molar-refractivity contribution is -0.120. The number of alkyl halides is 2. The van der Waals surface area contributed by atoms with Gasteiger partial charge in [-0.25, -0.2) is 22.0 Å². The molecule has 158 valence electrons. The third-order valence-corrected chi connectivity index (χ3v) is 6.21. The Hall–Kier alpha value is -2.55. The first-order valence-electron chi connectivity index (χ1n) is 9.26. The molecule has 3 aromatic rings. The number of thioether (sulfide) groups is 1. The predicted octanol–water partition coefficient (Wildman–Crippen LogP) is 5.40. The fraction of sp³-hybridized carbons (Fsp3) is 0.286. The minimum absolute atomic E-state index is 0.000893. The summed E-state index contributed by atoms with van der Waals surface area (Å²) in [4.78, 5) is 15.1. The van der Waals surface area contributed by atoms with Crippen molar-refractivity contribution >= 4 is 28.6 Å². The van der Waals surface area contributed by atoms with E-state index in [1.165, 1.54) is 30.3 Å². The molecule has 1 unspecified atom stereocenters. The fourth-order valence-corrected chi connectivity index (χ4v) is 4.34. The third-order valence-electron chi connectivity index (χ3n) is 4.99. The number of carbonyl (C=O) groups is 1. The summed E-state index contributed by atoms with van der Waals surface area (Å²) in [5.41, 5.74) is 1.65. The summed E-state index contributed by atoms with van der Waals surface area (Å²) in [6, 6.07) is 7.45. The fourth-order valence-electron chi connectivity index (χ4n) is 3.32. The normalized spacial score (nSPS) is 17.3. The number of aryl methyl sites for hydroxylation is 1. The SMILES string of the molecule is O=C(CCc1c(-c2ccc(F)cc2)[nH]c2c(F)cc(F)cc12)NCSC1CC1(F)F. The number of H-pyrrole nitrogens is 1. The molecule has 2 N–H and O–H groups in total. The van der Waals surface area contributed by atoms with Crippen molar-refractivity contribution in [3.8, 4) is 11.3 Å². The summed E-state index contributed by atoms with van der Waals surface area (Å²) < 4.78 is 67.1. The van der Waals surface area contributed by atoms with Gasteiger partial charge in [0.2, 0.25) is 5.91 Å². The summed E-state index contributed by atoms with van der Waals surface area (Å²) in [5, 5.41) is 2.11. The van der Waals surface area contributed by atoms with Crippen LogP contribution in [0.15, 0.2) is 36.4 Å². The first kappa shape index (κ1) is 20.7. The summed E-state index contributed by atoms with van der Waals surface area (Å²) in [5.74, 6) is -4.91. The van der Waals surface area contributed by atoms with Crippen LogP contribution in [-0.2, 0) is 11.2 Å². The van der Waals surface area contributed by atoms with Gasteiger partial charge in [0.05, 0.1) is 16.6 Å². The number of aromatic nitrogens is 1. The quantitative estimate of drug-likeness (QED) is 0.382. The number of halogens is 5. The first-order chi connectivity index (χ1) is 14.2. The van der Waals surface area contributed by atoms with Gasteiger partial charge in [0.25, 0.3) is 5.92 Å². The van der Waals surface area contributed by atoms with Gasteiger partial charge in [0, 0.05) is 30.0 Å². The molecule has 0 aliphatic heterocycles. The predicted molar refractivity (Wildman–Crippen MR) is 106 cm³/mol. The number of rotatable bonds is 7. The zero-order chi connectivity index (χ0) is 21.5. The van der Waals surface area contributed by atoms with Crippen LogP contribution in [0.4, 0.5) is 22.0 Å². The highest BCUT2D eigenvalue weighted by Gasteiger charge is 2.57. The second kappa shape index (κ2) is 7.94. The molecule has 1 atom stereocenters. The summed E-state index contributed by atoms with van der Waals surface area (Å²) in [6.45, 7) is 0. The maximum Gasteiger partial charge on any atom is 0.261 e. The molecule has 1 saturated carbocycles. The third kappa shape index (κ3) is 4.30. The van der Waals surface area contributed by atoms with Crippen LogP contribution in [0.3, 0.4) is 0 Å². The minimum Gasteiger partial charge on any atom is -0.352 e. The van der Waals surface area contributed by atoms with Crippen molar-refractivity contribution in [2.75, 3.05) is 5.88 Å². The van der Waals surface area contributed by atoms with E-state index in [9.17, 15) is 26.7 Å². The van der Waals surface area contributed by atoms with Gasteiger partial charge in [-0.3, -0.25) is 4.79 Å². The minimum atomic E-state index is -2.66. The molecule has 30 heavy (non-hydrogen) atoms. The topological polar surface area (TPSA) is 44.9 Å². The molecule has 0 radical (unpaired) electrons. The van der Waals surface area contributed by atoms with Crippen molar-refractivity contribution in [1.29, 1.82) is 0 Å². The van der Waals surface area contributed by atoms with Gasteiger partial charge in [-0.1, -0.05) is 0 Å². The molecule has 2 aromatic carbocycles. The van der Waals surface area contributed by atoms with E-state index in [1.807, 2.05) is 0 Å². The Bertz CT molecular complexity index is 1100. The highest BCUT2D eigenvalue weighted by Crippen LogP contribution is 2.49. The molecule has 1 amide bonds. The number of aromatic amines is 1. The second-order valence-corrected chi connectivity index (χ2v) is 8.35. The van der Waals surface area contributed by atoms with Gasteiger partial charge in [0.1, 0.15) is 17.5 Å². The average Bonchev–Trinajstić information content (AvgIpc) is 3.13. The monoisotopic (exact) mass is 440 g/mol. The Morgan fingerprint density at radius 1 is 1.13 bits per heavy atom. The summed E-state index contributed by atoms with van der Waals surface area (Å²) >= 11 is 0.986. The lowest BCUT2D eigenvalue weighted by atomic mass is 10.0. The molecule has 0 spiro atoms. The van der Waals surface area contributed by atoms with Gasteiger partial charge < -0.3 is 10.3 Å². The van der Waals surface area contributed by atoms with Crippen molar-refractivity contribution in [3.63, 3.8) is 0 Å². The standard InChI is InChI=1S/C21H17F5N2OS/c22-12-3-1-11(2-4-12)19-14(15-7-13(23)8-16(24)20(15)28-19)5-6-18(29)27-10-30-17-9-21(17,25)26/h1-4,7-8,17,28H,5-6,9-10H2,(H,27,29). The number of nitrogens with one attached hydrogen (secondary N) is 2. The Labute approximate surface area is 173 Å². The van der Waals surface area contributed by atoms with Crippen LogP contribution in [0, 0.1) is 17.5 Å². The summed E-state index contributed by atoms with van der Waals surface area (Å²) in [7, 11) is 0. The molecule has 3 nitrogen and oxygen atoms in total. The van der Waals surface area contributed by atoms with Crippen molar-refractivity contribution in [1.82, 2.24) is 10.3 Å². The maximum absolute atomic E-state index is 14.3. The molecule has 1 heterocycles. The van der Waals surface area contributed by atoms with E-state index in [-0.39, 0.29) is 36.6 Å². The van der Waals surface area contributed by atoms with Crippen LogP contribution in [-0.4, -0.2) is 27.9 Å². The lowest BCUT2D eigenvalue weighted by Gasteiger charge is -2.07. The summed E-state index contributed by atoms with van der Waals surface area (Å²) in [6.07, 6.45) is -0.0202. The Kier molecular flexibility index (Phi) is 5.48. The number of amides is 1. The van der Waals surface area contributed by atoms with E-state index in [2.05, 4.69) is 10.3 Å². The van der Waals surface area contributed by atoms with Crippen LogP contribution in [0.1, 0.15) is 18.4 Å². The molecular weight excluding hydrogens is 423 g/mol. The molecular formula is C21H17F5N2OS. The highest BCUT2D eigenvalue weighted by atomic mass is 32.2. The highest BCUT2D eigenvalue weighted by molar-refractivity contribution is 8.00. The zero-order valence-electron chi connectivity index (χ0n) is 15.6. The first-order valence-corrected chi connectivity index (χ1v) is 10.3. The van der Waals surface area contributed by atoms with Crippen LogP contribution in [0.2, 0.25) is 0 Å². The van der Waals surface area contributed by atoms with Gasteiger partial charge >= 0.3 is 0 Å². The largest absolute Gasteiger partial charge is 0.352 e. The van der Waals surface area contributed by atoms with Gasteiger partial charge in [-0.15, -0.1) is 11.8 Å². The Morgan fingerprint density at radius 3 is 2.50 bits per heavy atom. The maximum atomic E-state index is 14.3. The van der Waals surface area contributed by atoms with Gasteiger partial charge in [-0.2, -0.15) is 0 Å². The lowest BCUT2D eigenvalue weighted by Crippen LogP contribution is -2.23. The van der Waals surface area contributed by atoms with Crippen molar-refractivity contribution < 1.29 is 26.7 Å². The van der Waals surface area contributed by atoms with Crippen molar-refractivity contribution in [3.05, 3.63) is 59.4 Å². The van der Waals surface area contributed by atoms with Crippen LogP contribution in [0.25, 0.3) is 22.2 Å². The molecule has 9 heteroatoms. The van der Waals surface area contributed by atoms with E-state index < -0.39 is 28.6 Å². The van der Waals surface area contributed by atoms with E-state index in [4.69, 9.17) is 0 Å². The van der Waals surface area contributed by atoms with E-state index in [1.54, 1.807) is 0 Å². The van der Waals surface area contributed by atoms with Crippen molar-refractivity contribution in [2.45, 2.75) is 30.4 Å². The van der Waals surface area contributed by atoms with E-state index >= 15 is 0 Å². The molecule has 1 aliphatic carbocycles. The van der Waals surface area contributed by atoms with Gasteiger partial charge in [-0.05, 0) is 47.9 Å². The van der Waals surface area contributed by atoms with Crippen molar-refractivity contribution in [2.24, 2.45) is 0 Å². The van der Waals surface area contributed by atoms with Crippen LogP contribution < -0.4 is 5.32 Å². The number of hydrogen-bond donors (Lipinski definition) is 2. The average molecular weight is 440 g/mol. The number of fused-ring (bicyclic) bond motifs is 1. The van der Waals surface area contributed by atoms with Crippen LogP contribution in [0.5, 0.6) is 0 Å². The van der Waals surface area contributed by atoms with E-state index in [0.717, 1.165) is 17.8 Å². The molecule has 0 bridgehead atoms. The number of benzene rings is 2. The molecule has 4 rings (SSSR count). The second-order valence-electron chi connectivity index (χ2n) is 7.16. The molecule has 1 aromatic heterocycles. The van der Waals surface area contributed by atoms with Crippen LogP contribution >= 0.6 is 11.8 Å². The van der Waals surface area contributed by atoms with Gasteiger partial charge in [0.15, 0.2) is 0 Å². The number of hydrogen-bond acceptors (Lipinski definition) is 2. The zero-order valence-corrected chi connectivity index (χ0v) is 16.4. The Balaban J connectivity index is 1.53. The smallest absolute Gasteiger partial charge is 0.261 e. The Morgan fingerprint density at radius 2 is 1.83 bits per heavy atom.